The van der Waals surface area contributed by atoms with Crippen molar-refractivity contribution < 1.29 is 9.59 Å². The highest BCUT2D eigenvalue weighted by Crippen LogP contribution is 2.36. The van der Waals surface area contributed by atoms with Gasteiger partial charge in [0.1, 0.15) is 6.33 Å². The molecule has 1 aliphatic rings. The van der Waals surface area contributed by atoms with Gasteiger partial charge in [-0.3, -0.25) is 9.59 Å². The predicted molar refractivity (Wildman–Crippen MR) is 107 cm³/mol. The van der Waals surface area contributed by atoms with Gasteiger partial charge in [-0.25, -0.2) is 9.97 Å². The highest BCUT2D eigenvalue weighted by atomic mass is 16.2. The number of anilines is 1. The minimum absolute atomic E-state index is 0.150. The van der Waals surface area contributed by atoms with Crippen LogP contribution in [0.25, 0.3) is 22.0 Å². The number of aromatic nitrogens is 2. The van der Waals surface area contributed by atoms with Crippen LogP contribution in [0, 0.1) is 0 Å². The van der Waals surface area contributed by atoms with Crippen LogP contribution >= 0.6 is 0 Å². The van der Waals surface area contributed by atoms with Crippen LogP contribution in [-0.4, -0.2) is 40.3 Å². The van der Waals surface area contributed by atoms with E-state index in [1.165, 1.54) is 13.4 Å². The molecular formula is C21H19N5O2. The average molecular weight is 373 g/mol. The fourth-order valence-corrected chi connectivity index (χ4v) is 3.52. The number of hydrogen-bond acceptors (Lipinski definition) is 5. The van der Waals surface area contributed by atoms with Crippen molar-refractivity contribution in [3.8, 4) is 11.1 Å². The molecular weight excluding hydrogens is 354 g/mol. The van der Waals surface area contributed by atoms with Crippen LogP contribution in [-0.2, 0) is 11.3 Å². The molecule has 3 aromatic rings. The van der Waals surface area contributed by atoms with E-state index in [1.807, 2.05) is 24.3 Å². The van der Waals surface area contributed by atoms with E-state index in [9.17, 15) is 9.59 Å². The second-order valence-corrected chi connectivity index (χ2v) is 6.70. The summed E-state index contributed by atoms with van der Waals surface area (Å²) < 4.78 is 0. The van der Waals surface area contributed by atoms with Crippen molar-refractivity contribution in [2.45, 2.75) is 6.54 Å². The van der Waals surface area contributed by atoms with Gasteiger partial charge < -0.3 is 16.0 Å². The van der Waals surface area contributed by atoms with Crippen molar-refractivity contribution in [3.05, 3.63) is 66.1 Å². The van der Waals surface area contributed by atoms with Crippen LogP contribution in [0.1, 0.15) is 15.9 Å². The van der Waals surface area contributed by atoms with Crippen molar-refractivity contribution in [2.24, 2.45) is 0 Å². The van der Waals surface area contributed by atoms with E-state index < -0.39 is 0 Å². The van der Waals surface area contributed by atoms with Crippen molar-refractivity contribution >= 4 is 28.4 Å². The number of nitrogen functional groups attached to an aromatic ring is 1. The third kappa shape index (κ3) is 2.87. The summed E-state index contributed by atoms with van der Waals surface area (Å²) in [5, 5.41) is 3.47. The molecule has 0 saturated carbocycles. The van der Waals surface area contributed by atoms with E-state index in [0.29, 0.717) is 23.4 Å². The molecule has 140 valence electrons. The zero-order valence-electron chi connectivity index (χ0n) is 15.4. The van der Waals surface area contributed by atoms with Gasteiger partial charge in [-0.1, -0.05) is 24.8 Å². The van der Waals surface area contributed by atoms with E-state index in [-0.39, 0.29) is 18.4 Å². The Morgan fingerprint density at radius 1 is 1.32 bits per heavy atom. The number of fused-ring (bicyclic) bond motifs is 2. The fraction of sp³-hybridized carbons (Fsp3) is 0.143. The molecule has 2 heterocycles. The predicted octanol–water partition coefficient (Wildman–Crippen LogP) is 2.14. The van der Waals surface area contributed by atoms with Gasteiger partial charge in [-0.15, -0.1) is 0 Å². The molecule has 0 fully saturated rings. The molecule has 28 heavy (non-hydrogen) atoms. The van der Waals surface area contributed by atoms with Crippen LogP contribution in [0.4, 0.5) is 5.69 Å². The van der Waals surface area contributed by atoms with E-state index in [0.717, 1.165) is 27.6 Å². The van der Waals surface area contributed by atoms with Gasteiger partial charge >= 0.3 is 0 Å². The molecule has 4 rings (SSSR count). The van der Waals surface area contributed by atoms with Crippen LogP contribution < -0.4 is 11.1 Å². The highest BCUT2D eigenvalue weighted by Gasteiger charge is 2.32. The van der Waals surface area contributed by atoms with Crippen LogP contribution in [0.2, 0.25) is 0 Å². The minimum Gasteiger partial charge on any atom is -0.398 e. The standard InChI is InChI=1S/C21H19N5O2/c1-12(20(27)23-2)9-26-10-16-15(5-6-17(22)19(16)21(26)28)13-3-4-14-8-24-11-25-18(14)7-13/h3-8,11H,1,9-10,22H2,2H3,(H,23,27). The lowest BCUT2D eigenvalue weighted by atomic mass is 9.95. The monoisotopic (exact) mass is 373 g/mol. The van der Waals surface area contributed by atoms with Gasteiger partial charge in [0.15, 0.2) is 0 Å². The molecule has 0 aliphatic carbocycles. The summed E-state index contributed by atoms with van der Waals surface area (Å²) in [5.74, 6) is -0.478. The summed E-state index contributed by atoms with van der Waals surface area (Å²) in [6.07, 6.45) is 3.27. The lowest BCUT2D eigenvalue weighted by Crippen LogP contribution is -2.31. The van der Waals surface area contributed by atoms with Crippen molar-refractivity contribution in [1.29, 1.82) is 0 Å². The Bertz CT molecular complexity index is 1140. The maximum atomic E-state index is 12.9. The molecule has 0 saturated heterocycles. The first kappa shape index (κ1) is 17.7. The fourth-order valence-electron chi connectivity index (χ4n) is 3.52. The Kier molecular flexibility index (Phi) is 4.27. The van der Waals surface area contributed by atoms with Gasteiger partial charge in [0.25, 0.3) is 5.91 Å². The van der Waals surface area contributed by atoms with E-state index in [1.54, 1.807) is 17.2 Å². The number of nitrogens with one attached hydrogen (secondary N) is 1. The highest BCUT2D eigenvalue weighted by molar-refractivity contribution is 6.06. The van der Waals surface area contributed by atoms with Crippen molar-refractivity contribution in [1.82, 2.24) is 20.2 Å². The Morgan fingerprint density at radius 3 is 2.93 bits per heavy atom. The van der Waals surface area contributed by atoms with E-state index >= 15 is 0 Å². The third-order valence-electron chi connectivity index (χ3n) is 4.94. The van der Waals surface area contributed by atoms with E-state index in [4.69, 9.17) is 5.73 Å². The summed E-state index contributed by atoms with van der Waals surface area (Å²) in [5.41, 5.74) is 10.9. The van der Waals surface area contributed by atoms with Crippen LogP contribution in [0.3, 0.4) is 0 Å². The van der Waals surface area contributed by atoms with Gasteiger partial charge in [0.05, 0.1) is 17.6 Å². The minimum atomic E-state index is -0.286. The quantitative estimate of drug-likeness (QED) is 0.539. The molecule has 0 spiro atoms. The van der Waals surface area contributed by atoms with Crippen molar-refractivity contribution in [3.63, 3.8) is 0 Å². The Morgan fingerprint density at radius 2 is 2.14 bits per heavy atom. The second-order valence-electron chi connectivity index (χ2n) is 6.70. The number of nitrogens with two attached hydrogens (primary N) is 1. The first-order valence-corrected chi connectivity index (χ1v) is 8.80. The molecule has 0 unspecified atom stereocenters. The number of carbonyl (C=O) groups excluding carboxylic acids is 2. The summed E-state index contributed by atoms with van der Waals surface area (Å²) in [4.78, 5) is 34.6. The first-order valence-electron chi connectivity index (χ1n) is 8.80. The zero-order valence-corrected chi connectivity index (χ0v) is 15.4. The molecule has 3 N–H and O–H groups in total. The van der Waals surface area contributed by atoms with Crippen LogP contribution in [0.5, 0.6) is 0 Å². The molecule has 2 amide bonds. The Labute approximate surface area is 161 Å². The third-order valence-corrected chi connectivity index (χ3v) is 4.94. The molecule has 2 aromatic carbocycles. The van der Waals surface area contributed by atoms with Gasteiger partial charge in [-0.05, 0) is 28.8 Å². The Hall–Kier alpha value is -3.74. The van der Waals surface area contributed by atoms with E-state index in [2.05, 4.69) is 21.9 Å². The summed E-state index contributed by atoms with van der Waals surface area (Å²) in [6.45, 7) is 4.29. The zero-order chi connectivity index (χ0) is 19.8. The average Bonchev–Trinajstić information content (AvgIpc) is 3.04. The molecule has 0 atom stereocenters. The molecule has 1 aromatic heterocycles. The maximum absolute atomic E-state index is 12.9. The number of carbonyl (C=O) groups is 2. The topological polar surface area (TPSA) is 101 Å². The van der Waals surface area contributed by atoms with Gasteiger partial charge in [0, 0.05) is 36.4 Å². The number of hydrogen-bond donors (Lipinski definition) is 2. The number of benzene rings is 2. The number of likely N-dealkylation sites (N-methyl/N-ethyl adjacent to an activating group) is 1. The second kappa shape index (κ2) is 6.77. The smallest absolute Gasteiger partial charge is 0.256 e. The number of rotatable bonds is 4. The van der Waals surface area contributed by atoms with Gasteiger partial charge in [-0.2, -0.15) is 0 Å². The number of nitrogens with zero attached hydrogens (tertiary/aromatic N) is 3. The molecule has 0 bridgehead atoms. The van der Waals surface area contributed by atoms with Crippen molar-refractivity contribution in [2.75, 3.05) is 19.3 Å². The normalized spacial score (nSPS) is 12.9. The lowest BCUT2D eigenvalue weighted by molar-refractivity contribution is -0.117. The molecule has 0 radical (unpaired) electrons. The largest absolute Gasteiger partial charge is 0.398 e. The number of amides is 2. The Balaban J connectivity index is 1.75. The summed E-state index contributed by atoms with van der Waals surface area (Å²) in [7, 11) is 1.54. The molecule has 1 aliphatic heterocycles. The van der Waals surface area contributed by atoms with Crippen LogP contribution in [0.15, 0.2) is 55.0 Å². The first-order chi connectivity index (χ1) is 13.5. The lowest BCUT2D eigenvalue weighted by Gasteiger charge is -2.16. The summed E-state index contributed by atoms with van der Waals surface area (Å²) >= 11 is 0. The molecule has 7 nitrogen and oxygen atoms in total. The van der Waals surface area contributed by atoms with Gasteiger partial charge in [0.2, 0.25) is 5.91 Å². The maximum Gasteiger partial charge on any atom is 0.256 e. The summed E-state index contributed by atoms with van der Waals surface area (Å²) in [6, 6.07) is 9.57. The SMILES string of the molecule is C=C(CN1Cc2c(-c3ccc4cncnc4c3)ccc(N)c2C1=O)C(=O)NC. The molecule has 7 heteroatoms.